The van der Waals surface area contributed by atoms with Gasteiger partial charge in [-0.15, -0.1) is 0 Å². The fourth-order valence-corrected chi connectivity index (χ4v) is 4.12. The first-order valence-corrected chi connectivity index (χ1v) is 7.81. The van der Waals surface area contributed by atoms with Crippen LogP contribution in [0.4, 0.5) is 0 Å². The van der Waals surface area contributed by atoms with Gasteiger partial charge >= 0.3 is 0 Å². The number of rotatable bonds is 3. The molecule has 3 rings (SSSR count). The molecule has 0 aliphatic heterocycles. The number of hydrogen-bond donors (Lipinski definition) is 2. The van der Waals surface area contributed by atoms with Crippen molar-refractivity contribution in [2.45, 2.75) is 64.3 Å². The molecule has 1 aromatic rings. The Kier molecular flexibility index (Phi) is 3.64. The summed E-state index contributed by atoms with van der Waals surface area (Å²) in [7, 11) is 0. The third kappa shape index (κ3) is 2.44. The molecule has 0 aromatic heterocycles. The van der Waals surface area contributed by atoms with Crippen molar-refractivity contribution in [2.75, 3.05) is 0 Å². The summed E-state index contributed by atoms with van der Waals surface area (Å²) in [4.78, 5) is 0. The summed E-state index contributed by atoms with van der Waals surface area (Å²) in [5.74, 6) is 5.92. The minimum absolute atomic E-state index is 0.304. The maximum Gasteiger partial charge on any atom is 0.0513 e. The molecule has 2 heteroatoms. The fourth-order valence-electron chi connectivity index (χ4n) is 4.12. The van der Waals surface area contributed by atoms with Gasteiger partial charge in [-0.25, -0.2) is 0 Å². The van der Waals surface area contributed by atoms with E-state index in [0.29, 0.717) is 11.5 Å². The Balaban J connectivity index is 1.89. The molecular weight excluding hydrogens is 232 g/mol. The van der Waals surface area contributed by atoms with Gasteiger partial charge in [0.05, 0.1) is 6.04 Å². The van der Waals surface area contributed by atoms with Gasteiger partial charge < -0.3 is 0 Å². The maximum atomic E-state index is 5.92. The first-order chi connectivity index (χ1) is 9.23. The van der Waals surface area contributed by atoms with Gasteiger partial charge in [0.1, 0.15) is 0 Å². The minimum Gasteiger partial charge on any atom is -0.271 e. The second-order valence-electron chi connectivity index (χ2n) is 6.70. The van der Waals surface area contributed by atoms with E-state index in [1.54, 1.807) is 11.1 Å². The second kappa shape index (κ2) is 5.26. The van der Waals surface area contributed by atoms with Crippen LogP contribution in [0.25, 0.3) is 0 Å². The monoisotopic (exact) mass is 258 g/mol. The Morgan fingerprint density at radius 3 is 2.53 bits per heavy atom. The number of hydrazine groups is 1. The van der Waals surface area contributed by atoms with Crippen molar-refractivity contribution in [3.63, 3.8) is 0 Å². The topological polar surface area (TPSA) is 38.0 Å². The van der Waals surface area contributed by atoms with Crippen LogP contribution in [0, 0.1) is 5.41 Å². The van der Waals surface area contributed by atoms with Gasteiger partial charge in [0.15, 0.2) is 0 Å². The van der Waals surface area contributed by atoms with Crippen LogP contribution in [0.5, 0.6) is 0 Å². The lowest BCUT2D eigenvalue weighted by molar-refractivity contribution is 0.145. The van der Waals surface area contributed by atoms with Crippen molar-refractivity contribution in [2.24, 2.45) is 11.3 Å². The van der Waals surface area contributed by atoms with Crippen LogP contribution in [-0.4, -0.2) is 0 Å². The van der Waals surface area contributed by atoms with E-state index in [0.717, 1.165) is 0 Å². The number of nitrogens with one attached hydrogen (secondary N) is 1. The molecule has 3 N–H and O–H groups in total. The fraction of sp³-hybridized carbons (Fsp3) is 0.647. The number of benzene rings is 1. The zero-order chi connectivity index (χ0) is 13.3. The quantitative estimate of drug-likeness (QED) is 0.641. The lowest BCUT2D eigenvalue weighted by Gasteiger charge is -2.41. The van der Waals surface area contributed by atoms with Crippen LogP contribution in [0.3, 0.4) is 0 Å². The van der Waals surface area contributed by atoms with Gasteiger partial charge in [-0.2, -0.15) is 0 Å². The van der Waals surface area contributed by atoms with E-state index >= 15 is 0 Å². The molecule has 0 spiro atoms. The van der Waals surface area contributed by atoms with Crippen LogP contribution < -0.4 is 11.3 Å². The summed E-state index contributed by atoms with van der Waals surface area (Å²) in [5, 5.41) is 0. The van der Waals surface area contributed by atoms with Gasteiger partial charge in [0.2, 0.25) is 0 Å². The highest BCUT2D eigenvalue weighted by molar-refractivity contribution is 5.37. The normalized spacial score (nSPS) is 23.1. The predicted octanol–water partition coefficient (Wildman–Crippen LogP) is 3.65. The molecule has 0 amide bonds. The zero-order valence-electron chi connectivity index (χ0n) is 12.0. The molecule has 1 atom stereocenters. The van der Waals surface area contributed by atoms with Crippen LogP contribution in [0.15, 0.2) is 18.2 Å². The summed E-state index contributed by atoms with van der Waals surface area (Å²) in [6.45, 7) is 2.41. The van der Waals surface area contributed by atoms with E-state index in [9.17, 15) is 0 Å². The molecule has 2 nitrogen and oxygen atoms in total. The third-order valence-electron chi connectivity index (χ3n) is 5.32. The average Bonchev–Trinajstić information content (AvgIpc) is 2.87. The van der Waals surface area contributed by atoms with Crippen molar-refractivity contribution in [1.82, 2.24) is 5.43 Å². The molecule has 19 heavy (non-hydrogen) atoms. The van der Waals surface area contributed by atoms with E-state index in [1.165, 1.54) is 56.9 Å². The van der Waals surface area contributed by atoms with E-state index in [1.807, 2.05) is 0 Å². The highest BCUT2D eigenvalue weighted by atomic mass is 15.2. The maximum absolute atomic E-state index is 5.92. The van der Waals surface area contributed by atoms with Crippen molar-refractivity contribution in [1.29, 1.82) is 0 Å². The average molecular weight is 258 g/mol. The largest absolute Gasteiger partial charge is 0.271 e. The van der Waals surface area contributed by atoms with Gasteiger partial charge in [-0.05, 0) is 54.2 Å². The van der Waals surface area contributed by atoms with E-state index in [4.69, 9.17) is 5.84 Å². The molecule has 0 heterocycles. The molecule has 104 valence electrons. The molecule has 0 radical (unpaired) electrons. The van der Waals surface area contributed by atoms with Gasteiger partial charge in [-0.3, -0.25) is 11.3 Å². The number of hydrogen-bond acceptors (Lipinski definition) is 2. The Hall–Kier alpha value is -0.860. The zero-order valence-corrected chi connectivity index (χ0v) is 12.0. The number of nitrogens with two attached hydrogens (primary N) is 1. The molecule has 1 saturated carbocycles. The standard InChI is InChI=1S/C17H26N2/c1-17(10-3-2-4-11-17)16(19-18)15-9-8-13-6-5-7-14(13)12-15/h8-9,12,16,19H,2-7,10-11,18H2,1H3. The Bertz CT molecular complexity index is 447. The first kappa shape index (κ1) is 13.1. The lowest BCUT2D eigenvalue weighted by atomic mass is 9.68. The van der Waals surface area contributed by atoms with Crippen LogP contribution >= 0.6 is 0 Å². The van der Waals surface area contributed by atoms with Crippen LogP contribution in [-0.2, 0) is 12.8 Å². The molecular formula is C17H26N2. The number of fused-ring (bicyclic) bond motifs is 1. The summed E-state index contributed by atoms with van der Waals surface area (Å²) in [5.41, 5.74) is 7.94. The SMILES string of the molecule is CC1(C(NN)c2ccc3c(c2)CCC3)CCCCC1. The van der Waals surface area contributed by atoms with Gasteiger partial charge in [-0.1, -0.05) is 44.4 Å². The van der Waals surface area contributed by atoms with Crippen molar-refractivity contribution < 1.29 is 0 Å². The highest BCUT2D eigenvalue weighted by Gasteiger charge is 2.36. The summed E-state index contributed by atoms with van der Waals surface area (Å²) in [6.07, 6.45) is 10.5. The molecule has 0 bridgehead atoms. The van der Waals surface area contributed by atoms with Crippen molar-refractivity contribution in [3.8, 4) is 0 Å². The predicted molar refractivity (Wildman–Crippen MR) is 79.7 cm³/mol. The summed E-state index contributed by atoms with van der Waals surface area (Å²) < 4.78 is 0. The van der Waals surface area contributed by atoms with Crippen molar-refractivity contribution in [3.05, 3.63) is 34.9 Å². The van der Waals surface area contributed by atoms with Gasteiger partial charge in [0.25, 0.3) is 0 Å². The van der Waals surface area contributed by atoms with E-state index in [2.05, 4.69) is 30.5 Å². The Morgan fingerprint density at radius 2 is 1.79 bits per heavy atom. The molecule has 1 aromatic carbocycles. The highest BCUT2D eigenvalue weighted by Crippen LogP contribution is 2.45. The van der Waals surface area contributed by atoms with Gasteiger partial charge in [0, 0.05) is 0 Å². The van der Waals surface area contributed by atoms with E-state index in [-0.39, 0.29) is 0 Å². The molecule has 0 saturated heterocycles. The van der Waals surface area contributed by atoms with E-state index < -0.39 is 0 Å². The third-order valence-corrected chi connectivity index (χ3v) is 5.32. The molecule has 2 aliphatic rings. The van der Waals surface area contributed by atoms with Crippen LogP contribution in [0.2, 0.25) is 0 Å². The smallest absolute Gasteiger partial charge is 0.0513 e. The minimum atomic E-state index is 0.304. The Morgan fingerprint density at radius 1 is 1.05 bits per heavy atom. The molecule has 2 aliphatic carbocycles. The molecule has 1 unspecified atom stereocenters. The lowest BCUT2D eigenvalue weighted by Crippen LogP contribution is -2.41. The second-order valence-corrected chi connectivity index (χ2v) is 6.70. The van der Waals surface area contributed by atoms with Crippen LogP contribution in [0.1, 0.15) is 68.2 Å². The Labute approximate surface area is 116 Å². The summed E-state index contributed by atoms with van der Waals surface area (Å²) in [6, 6.07) is 7.34. The molecule has 1 fully saturated rings. The summed E-state index contributed by atoms with van der Waals surface area (Å²) >= 11 is 0. The number of aryl methyl sites for hydroxylation is 2. The van der Waals surface area contributed by atoms with Crippen molar-refractivity contribution >= 4 is 0 Å². The first-order valence-electron chi connectivity index (χ1n) is 7.81.